The van der Waals surface area contributed by atoms with E-state index in [-0.39, 0.29) is 23.8 Å². The zero-order valence-corrected chi connectivity index (χ0v) is 17.2. The summed E-state index contributed by atoms with van der Waals surface area (Å²) >= 11 is 0. The van der Waals surface area contributed by atoms with Crippen molar-refractivity contribution >= 4 is 5.91 Å². The number of nitrogens with zero attached hydrogens (tertiary/aromatic N) is 4. The molecule has 0 N–H and O–H groups in total. The Balaban J connectivity index is 1.43. The number of ether oxygens (including phenoxy) is 1. The molecule has 3 aromatic rings. The molecule has 2 saturated heterocycles. The van der Waals surface area contributed by atoms with Gasteiger partial charge in [0.15, 0.2) is 5.82 Å². The summed E-state index contributed by atoms with van der Waals surface area (Å²) in [5.74, 6) is 1.30. The van der Waals surface area contributed by atoms with Crippen molar-refractivity contribution in [1.29, 1.82) is 0 Å². The topological polar surface area (TPSA) is 68.2 Å². The molecule has 0 radical (unpaired) electrons. The fourth-order valence-corrected chi connectivity index (χ4v) is 4.58. The second-order valence-electron chi connectivity index (χ2n) is 8.28. The Hall–Kier alpha value is -3.35. The second kappa shape index (κ2) is 8.06. The molecular formula is C24H23FN4O2. The molecule has 4 heterocycles. The van der Waals surface area contributed by atoms with Crippen LogP contribution in [0.25, 0.3) is 11.4 Å². The number of carbonyl (C=O) groups is 1. The molecule has 1 saturated carbocycles. The standard InChI is InChI=1S/C24H23FN4O2/c1-15-3-8-21(23-26-9-2-10-27-23)22(28-15)24(30)29-18-11-16(12-18)13-19(29)14-31-20-6-4-17(25)5-7-20/h2-10,16,18-19H,11-14H2,1H3/t16?,18?,19-/m1/s1. The minimum atomic E-state index is -0.302. The lowest BCUT2D eigenvalue weighted by atomic mass is 9.70. The van der Waals surface area contributed by atoms with Gasteiger partial charge in [0, 0.05) is 24.1 Å². The van der Waals surface area contributed by atoms with E-state index >= 15 is 0 Å². The van der Waals surface area contributed by atoms with Crippen molar-refractivity contribution in [3.05, 3.63) is 72.1 Å². The number of amides is 1. The average Bonchev–Trinajstić information content (AvgIpc) is 2.78. The predicted octanol–water partition coefficient (Wildman–Crippen LogP) is 4.06. The summed E-state index contributed by atoms with van der Waals surface area (Å²) in [4.78, 5) is 28.9. The highest BCUT2D eigenvalue weighted by molar-refractivity contribution is 5.98. The monoisotopic (exact) mass is 418 g/mol. The number of halogens is 1. The van der Waals surface area contributed by atoms with Crippen molar-refractivity contribution in [2.24, 2.45) is 5.92 Å². The molecule has 31 heavy (non-hydrogen) atoms. The SMILES string of the molecule is Cc1ccc(-c2ncccn2)c(C(=O)N2C3CC(C3)C[C@@H]2COc2ccc(F)cc2)n1. The molecule has 7 heteroatoms. The van der Waals surface area contributed by atoms with E-state index in [0.717, 1.165) is 25.0 Å². The van der Waals surface area contributed by atoms with Crippen LogP contribution in [0.1, 0.15) is 35.4 Å². The van der Waals surface area contributed by atoms with Gasteiger partial charge in [0.05, 0.1) is 11.6 Å². The van der Waals surface area contributed by atoms with E-state index in [1.807, 2.05) is 24.0 Å². The highest BCUT2D eigenvalue weighted by Gasteiger charge is 2.47. The zero-order chi connectivity index (χ0) is 21.4. The van der Waals surface area contributed by atoms with Gasteiger partial charge in [-0.1, -0.05) is 0 Å². The van der Waals surface area contributed by atoms with E-state index in [9.17, 15) is 9.18 Å². The Morgan fingerprint density at radius 3 is 2.58 bits per heavy atom. The van der Waals surface area contributed by atoms with E-state index in [0.29, 0.717) is 35.4 Å². The Bertz CT molecular complexity index is 1080. The van der Waals surface area contributed by atoms with Crippen molar-refractivity contribution in [2.75, 3.05) is 6.61 Å². The number of aryl methyl sites for hydroxylation is 1. The number of hydrogen-bond acceptors (Lipinski definition) is 5. The molecule has 6 nitrogen and oxygen atoms in total. The third-order valence-electron chi connectivity index (χ3n) is 6.14. The van der Waals surface area contributed by atoms with Crippen LogP contribution in [0, 0.1) is 18.7 Å². The van der Waals surface area contributed by atoms with Crippen LogP contribution in [-0.2, 0) is 0 Å². The molecule has 0 spiro atoms. The molecule has 3 fully saturated rings. The Kier molecular flexibility index (Phi) is 5.10. The van der Waals surface area contributed by atoms with Crippen molar-refractivity contribution < 1.29 is 13.9 Å². The minimum Gasteiger partial charge on any atom is -0.491 e. The van der Waals surface area contributed by atoms with Gasteiger partial charge < -0.3 is 9.64 Å². The van der Waals surface area contributed by atoms with Crippen molar-refractivity contribution in [3.63, 3.8) is 0 Å². The molecule has 1 aromatic carbocycles. The summed E-state index contributed by atoms with van der Waals surface area (Å²) < 4.78 is 19.1. The summed E-state index contributed by atoms with van der Waals surface area (Å²) in [5.41, 5.74) is 1.78. The summed E-state index contributed by atoms with van der Waals surface area (Å²) in [6, 6.07) is 11.6. The maximum atomic E-state index is 13.8. The van der Waals surface area contributed by atoms with Crippen LogP contribution in [0.2, 0.25) is 0 Å². The van der Waals surface area contributed by atoms with Gasteiger partial charge in [-0.2, -0.15) is 0 Å². The van der Waals surface area contributed by atoms with E-state index in [2.05, 4.69) is 15.0 Å². The molecule has 1 amide bonds. The third-order valence-corrected chi connectivity index (χ3v) is 6.14. The van der Waals surface area contributed by atoms with Gasteiger partial charge in [-0.15, -0.1) is 0 Å². The maximum Gasteiger partial charge on any atom is 0.273 e. The zero-order valence-electron chi connectivity index (χ0n) is 17.2. The first kappa shape index (κ1) is 19.6. The number of pyridine rings is 1. The Morgan fingerprint density at radius 1 is 1.10 bits per heavy atom. The third kappa shape index (κ3) is 3.87. The summed E-state index contributed by atoms with van der Waals surface area (Å²) in [6.45, 7) is 2.24. The van der Waals surface area contributed by atoms with Crippen LogP contribution in [0.5, 0.6) is 5.75 Å². The van der Waals surface area contributed by atoms with Gasteiger partial charge in [-0.05, 0) is 74.6 Å². The lowest BCUT2D eigenvalue weighted by molar-refractivity contribution is -0.0309. The molecule has 1 aliphatic carbocycles. The highest BCUT2D eigenvalue weighted by Crippen LogP contribution is 2.43. The van der Waals surface area contributed by atoms with Gasteiger partial charge >= 0.3 is 0 Å². The van der Waals surface area contributed by atoms with Crippen LogP contribution in [0.4, 0.5) is 4.39 Å². The second-order valence-corrected chi connectivity index (χ2v) is 8.28. The minimum absolute atomic E-state index is 0.0538. The maximum absolute atomic E-state index is 13.8. The normalized spacial score (nSPS) is 22.0. The average molecular weight is 418 g/mol. The number of hydrogen-bond donors (Lipinski definition) is 0. The van der Waals surface area contributed by atoms with Gasteiger partial charge in [-0.25, -0.2) is 19.3 Å². The Labute approximate surface area is 180 Å². The lowest BCUT2D eigenvalue weighted by Gasteiger charge is -2.53. The molecular weight excluding hydrogens is 395 g/mol. The summed E-state index contributed by atoms with van der Waals surface area (Å²) in [6.07, 6.45) is 6.25. The molecule has 6 rings (SSSR count). The first-order valence-electron chi connectivity index (χ1n) is 10.5. The molecule has 158 valence electrons. The van der Waals surface area contributed by atoms with Crippen molar-refractivity contribution in [1.82, 2.24) is 19.9 Å². The summed E-state index contributed by atoms with van der Waals surface area (Å²) in [5, 5.41) is 0. The van der Waals surface area contributed by atoms with Crippen LogP contribution < -0.4 is 4.74 Å². The largest absolute Gasteiger partial charge is 0.491 e. The van der Waals surface area contributed by atoms with E-state index < -0.39 is 0 Å². The summed E-state index contributed by atoms with van der Waals surface area (Å²) in [7, 11) is 0. The smallest absolute Gasteiger partial charge is 0.273 e. The number of fused-ring (bicyclic) bond motifs is 2. The van der Waals surface area contributed by atoms with Gasteiger partial charge in [0.1, 0.15) is 23.9 Å². The first-order valence-corrected chi connectivity index (χ1v) is 10.5. The van der Waals surface area contributed by atoms with Gasteiger partial charge in [-0.3, -0.25) is 4.79 Å². The van der Waals surface area contributed by atoms with Crippen molar-refractivity contribution in [3.8, 4) is 17.1 Å². The molecule has 1 atom stereocenters. The van der Waals surface area contributed by atoms with Crippen LogP contribution in [-0.4, -0.2) is 44.4 Å². The molecule has 2 bridgehead atoms. The number of aromatic nitrogens is 3. The number of benzene rings is 1. The lowest BCUT2D eigenvalue weighted by Crippen LogP contribution is -2.60. The van der Waals surface area contributed by atoms with E-state index in [4.69, 9.17) is 4.74 Å². The van der Waals surface area contributed by atoms with Gasteiger partial charge in [0.25, 0.3) is 5.91 Å². The van der Waals surface area contributed by atoms with Crippen molar-refractivity contribution in [2.45, 2.75) is 38.3 Å². The molecule has 0 unspecified atom stereocenters. The fraction of sp³-hybridized carbons (Fsp3) is 0.333. The fourth-order valence-electron chi connectivity index (χ4n) is 4.58. The highest BCUT2D eigenvalue weighted by atomic mass is 19.1. The van der Waals surface area contributed by atoms with Gasteiger partial charge in [0.2, 0.25) is 0 Å². The van der Waals surface area contributed by atoms with Crippen LogP contribution in [0.15, 0.2) is 54.9 Å². The predicted molar refractivity (Wildman–Crippen MR) is 113 cm³/mol. The molecule has 3 aliphatic rings. The number of carbonyl (C=O) groups excluding carboxylic acids is 1. The number of piperidine rings is 2. The number of rotatable bonds is 5. The van der Waals surface area contributed by atoms with Crippen LogP contribution in [0.3, 0.4) is 0 Å². The molecule has 2 aliphatic heterocycles. The first-order chi connectivity index (χ1) is 15.1. The quantitative estimate of drug-likeness (QED) is 0.625. The van der Waals surface area contributed by atoms with Crippen LogP contribution >= 0.6 is 0 Å². The molecule has 2 aromatic heterocycles. The van der Waals surface area contributed by atoms with E-state index in [1.54, 1.807) is 30.6 Å². The Morgan fingerprint density at radius 2 is 1.84 bits per heavy atom. The van der Waals surface area contributed by atoms with E-state index in [1.165, 1.54) is 12.1 Å².